The van der Waals surface area contributed by atoms with Gasteiger partial charge in [-0.15, -0.1) is 0 Å². The van der Waals surface area contributed by atoms with Crippen LogP contribution in [0, 0.1) is 5.82 Å². The zero-order chi connectivity index (χ0) is 25.7. The van der Waals surface area contributed by atoms with Crippen LogP contribution in [0.1, 0.15) is 37.3 Å². The molecule has 4 rings (SSSR count). The number of Topliss-reactive ketones (excluding diaryl/α,β-unsaturated/α-hetero) is 1. The molecule has 7 nitrogen and oxygen atoms in total. The van der Waals surface area contributed by atoms with Crippen molar-refractivity contribution in [3.63, 3.8) is 0 Å². The predicted octanol–water partition coefficient (Wildman–Crippen LogP) is 4.62. The second-order valence-electron chi connectivity index (χ2n) is 8.94. The van der Waals surface area contributed by atoms with E-state index in [1.165, 1.54) is 0 Å². The molecule has 0 aliphatic carbocycles. The molecule has 0 N–H and O–H groups in total. The lowest BCUT2D eigenvalue weighted by Crippen LogP contribution is -2.27. The highest BCUT2D eigenvalue weighted by atomic mass is 19.3. The number of pyridine rings is 1. The van der Waals surface area contributed by atoms with Crippen LogP contribution in [0.3, 0.4) is 0 Å². The van der Waals surface area contributed by atoms with Gasteiger partial charge < -0.3 is 14.4 Å². The van der Waals surface area contributed by atoms with Crippen LogP contribution < -0.4 is 14.4 Å². The van der Waals surface area contributed by atoms with E-state index in [2.05, 4.69) is 15.0 Å². The maximum absolute atomic E-state index is 14.8. The third kappa shape index (κ3) is 6.50. The Labute approximate surface area is 207 Å². The average molecular weight is 501 g/mol. The fourth-order valence-electron chi connectivity index (χ4n) is 3.95. The first kappa shape index (κ1) is 25.4. The number of carbonyl (C=O) groups is 1. The number of aromatic nitrogens is 3. The minimum absolute atomic E-state index is 0.0122. The molecule has 0 spiro atoms. The first-order chi connectivity index (χ1) is 17.2. The second-order valence-corrected chi connectivity index (χ2v) is 8.94. The van der Waals surface area contributed by atoms with Gasteiger partial charge in [0.15, 0.2) is 12.4 Å². The van der Waals surface area contributed by atoms with E-state index in [9.17, 15) is 18.0 Å². The van der Waals surface area contributed by atoms with Crippen LogP contribution >= 0.6 is 0 Å². The highest BCUT2D eigenvalue weighted by Crippen LogP contribution is 2.29. The van der Waals surface area contributed by atoms with E-state index in [-0.39, 0.29) is 23.6 Å². The molecular weight excluding hydrogens is 473 g/mol. The number of ketones is 1. The quantitative estimate of drug-likeness (QED) is 0.402. The summed E-state index contributed by atoms with van der Waals surface area (Å²) in [5, 5.41) is 0. The van der Waals surface area contributed by atoms with Crippen LogP contribution in [-0.2, 0) is 11.2 Å². The van der Waals surface area contributed by atoms with Crippen LogP contribution in [0.2, 0.25) is 0 Å². The fourth-order valence-corrected chi connectivity index (χ4v) is 3.95. The SMILES string of the molecule is CC(C(=O)Cc1cccnc1)c1ccc(O[C@@H]2CCN(c3ncnc(OCC(C)(F)F)c3F)C2)cc1. The number of halogens is 3. The molecule has 3 heterocycles. The Morgan fingerprint density at radius 2 is 2.00 bits per heavy atom. The molecule has 0 bridgehead atoms. The monoisotopic (exact) mass is 500 g/mol. The number of hydrogen-bond acceptors (Lipinski definition) is 7. The molecule has 3 aromatic rings. The van der Waals surface area contributed by atoms with Gasteiger partial charge in [-0.05, 0) is 29.3 Å². The molecule has 2 aromatic heterocycles. The zero-order valence-corrected chi connectivity index (χ0v) is 20.0. The van der Waals surface area contributed by atoms with E-state index >= 15 is 0 Å². The summed E-state index contributed by atoms with van der Waals surface area (Å²) in [5.41, 5.74) is 1.76. The van der Waals surface area contributed by atoms with Gasteiger partial charge in [0.05, 0.1) is 6.54 Å². The first-order valence-corrected chi connectivity index (χ1v) is 11.6. The Bertz CT molecular complexity index is 1170. The Hall–Kier alpha value is -3.69. The molecule has 1 unspecified atom stereocenters. The summed E-state index contributed by atoms with van der Waals surface area (Å²) in [6.45, 7) is 2.41. The minimum Gasteiger partial charge on any atom is -0.489 e. The van der Waals surface area contributed by atoms with Crippen LogP contribution in [-0.4, -0.2) is 52.5 Å². The van der Waals surface area contributed by atoms with Gasteiger partial charge in [-0.1, -0.05) is 25.1 Å². The number of anilines is 1. The largest absolute Gasteiger partial charge is 0.489 e. The normalized spacial score (nSPS) is 16.6. The van der Waals surface area contributed by atoms with Gasteiger partial charge >= 0.3 is 0 Å². The third-order valence-electron chi connectivity index (χ3n) is 5.91. The summed E-state index contributed by atoms with van der Waals surface area (Å²) >= 11 is 0. The predicted molar refractivity (Wildman–Crippen MR) is 127 cm³/mol. The molecule has 0 radical (unpaired) electrons. The number of hydrogen-bond donors (Lipinski definition) is 0. The van der Waals surface area contributed by atoms with Crippen molar-refractivity contribution in [3.05, 3.63) is 72.1 Å². The molecule has 1 saturated heterocycles. The maximum atomic E-state index is 14.8. The van der Waals surface area contributed by atoms with E-state index in [4.69, 9.17) is 9.47 Å². The lowest BCUT2D eigenvalue weighted by molar-refractivity contribution is -0.119. The number of alkyl halides is 2. The summed E-state index contributed by atoms with van der Waals surface area (Å²) in [5.74, 6) is -4.04. The van der Waals surface area contributed by atoms with Crippen LogP contribution in [0.5, 0.6) is 11.6 Å². The lowest BCUT2D eigenvalue weighted by Gasteiger charge is -2.20. The van der Waals surface area contributed by atoms with Gasteiger partial charge in [0, 0.05) is 44.6 Å². The Morgan fingerprint density at radius 1 is 1.22 bits per heavy atom. The summed E-state index contributed by atoms with van der Waals surface area (Å²) in [4.78, 5) is 26.0. The number of carbonyl (C=O) groups excluding carboxylic acids is 1. The minimum atomic E-state index is -3.11. The third-order valence-corrected chi connectivity index (χ3v) is 5.91. The molecule has 36 heavy (non-hydrogen) atoms. The van der Waals surface area contributed by atoms with Crippen molar-refractivity contribution >= 4 is 11.6 Å². The topological polar surface area (TPSA) is 77.4 Å². The zero-order valence-electron chi connectivity index (χ0n) is 20.0. The van der Waals surface area contributed by atoms with Crippen molar-refractivity contribution < 1.29 is 27.4 Å². The summed E-state index contributed by atoms with van der Waals surface area (Å²) in [6.07, 6.45) is 5.17. The molecule has 2 atom stereocenters. The molecular formula is C26H27F3N4O3. The Morgan fingerprint density at radius 3 is 2.69 bits per heavy atom. The van der Waals surface area contributed by atoms with E-state index in [1.807, 2.05) is 43.3 Å². The number of ether oxygens (including phenoxy) is 2. The number of rotatable bonds is 10. The average Bonchev–Trinajstić information content (AvgIpc) is 3.31. The number of nitrogens with zero attached hydrogens (tertiary/aromatic N) is 4. The van der Waals surface area contributed by atoms with Gasteiger partial charge in [0.1, 0.15) is 24.0 Å². The maximum Gasteiger partial charge on any atom is 0.278 e. The van der Waals surface area contributed by atoms with Crippen LogP contribution in [0.4, 0.5) is 19.0 Å². The van der Waals surface area contributed by atoms with E-state index < -0.39 is 24.2 Å². The van der Waals surface area contributed by atoms with Crippen LogP contribution in [0.15, 0.2) is 55.1 Å². The van der Waals surface area contributed by atoms with Crippen molar-refractivity contribution in [3.8, 4) is 11.6 Å². The number of benzene rings is 1. The van der Waals surface area contributed by atoms with E-state index in [1.54, 1.807) is 17.3 Å². The van der Waals surface area contributed by atoms with Gasteiger partial charge in [0.2, 0.25) is 5.82 Å². The van der Waals surface area contributed by atoms with E-state index in [0.29, 0.717) is 38.6 Å². The smallest absolute Gasteiger partial charge is 0.278 e. The summed E-state index contributed by atoms with van der Waals surface area (Å²) in [7, 11) is 0. The molecule has 1 aliphatic heterocycles. The van der Waals surface area contributed by atoms with Gasteiger partial charge in [-0.25, -0.2) is 13.8 Å². The van der Waals surface area contributed by atoms with Crippen molar-refractivity contribution in [1.29, 1.82) is 0 Å². The lowest BCUT2D eigenvalue weighted by atomic mass is 9.93. The van der Waals surface area contributed by atoms with E-state index in [0.717, 1.165) is 17.5 Å². The summed E-state index contributed by atoms with van der Waals surface area (Å²) in [6, 6.07) is 11.0. The Balaban J connectivity index is 1.33. The molecule has 190 valence electrons. The van der Waals surface area contributed by atoms with Crippen molar-refractivity contribution in [2.75, 3.05) is 24.6 Å². The molecule has 1 fully saturated rings. The standard InChI is InChI=1S/C26H27F3N4O3/c1-17(22(34)12-18-4-3-10-30-13-18)19-5-7-20(8-6-19)36-21-9-11-33(14-21)24-23(27)25(32-16-31-24)35-15-26(2,28)29/h3-8,10,13,16-17,21H,9,11-12,14-15H2,1-2H3/t17?,21-/m1/s1. The molecule has 0 saturated carbocycles. The van der Waals surface area contributed by atoms with Crippen molar-refractivity contribution in [1.82, 2.24) is 15.0 Å². The highest BCUT2D eigenvalue weighted by Gasteiger charge is 2.30. The van der Waals surface area contributed by atoms with Crippen molar-refractivity contribution in [2.45, 2.75) is 44.6 Å². The second kappa shape index (κ2) is 10.9. The molecule has 10 heteroatoms. The molecule has 1 aromatic carbocycles. The molecule has 1 aliphatic rings. The molecule has 0 amide bonds. The fraction of sp³-hybridized carbons (Fsp3) is 0.385. The van der Waals surface area contributed by atoms with Gasteiger partial charge in [-0.3, -0.25) is 9.78 Å². The first-order valence-electron chi connectivity index (χ1n) is 11.6. The Kier molecular flexibility index (Phi) is 7.71. The summed E-state index contributed by atoms with van der Waals surface area (Å²) < 4.78 is 51.8. The van der Waals surface area contributed by atoms with Gasteiger partial charge in [-0.2, -0.15) is 9.37 Å². The van der Waals surface area contributed by atoms with Crippen LogP contribution in [0.25, 0.3) is 0 Å². The van der Waals surface area contributed by atoms with Gasteiger partial charge in [0.25, 0.3) is 11.8 Å². The van der Waals surface area contributed by atoms with Crippen molar-refractivity contribution in [2.24, 2.45) is 0 Å². The highest BCUT2D eigenvalue weighted by molar-refractivity contribution is 5.87.